The molecule has 2 heterocycles. The van der Waals surface area contributed by atoms with Gasteiger partial charge in [0, 0.05) is 37.9 Å². The van der Waals surface area contributed by atoms with E-state index >= 15 is 0 Å². The molecule has 1 unspecified atom stereocenters. The summed E-state index contributed by atoms with van der Waals surface area (Å²) >= 11 is 0. The smallest absolute Gasteiger partial charge is 0.295 e. The van der Waals surface area contributed by atoms with E-state index in [2.05, 4.69) is 23.6 Å². The molecule has 0 radical (unpaired) electrons. The van der Waals surface area contributed by atoms with Crippen LogP contribution in [0.4, 0.5) is 11.4 Å². The Kier molecular flexibility index (Phi) is 6.82. The molecule has 0 bridgehead atoms. The second-order valence-corrected chi connectivity index (χ2v) is 8.71. The molecule has 2 aromatic rings. The van der Waals surface area contributed by atoms with Gasteiger partial charge in [-0.05, 0) is 56.2 Å². The SMILES string of the molecule is CCCN1C(=O)C(=O)/C(=C(\O)c2ccc3c(c2)N(C)CCO3)C1c1ccc(N(CC)CC)cc1. The van der Waals surface area contributed by atoms with Crippen molar-refractivity contribution in [3.8, 4) is 5.75 Å². The third kappa shape index (κ3) is 4.11. The summed E-state index contributed by atoms with van der Waals surface area (Å²) < 4.78 is 5.71. The molecule has 7 heteroatoms. The third-order valence-electron chi connectivity index (χ3n) is 6.67. The van der Waals surface area contributed by atoms with Gasteiger partial charge in [-0.2, -0.15) is 0 Å². The number of aliphatic hydroxyl groups is 1. The van der Waals surface area contributed by atoms with Crippen molar-refractivity contribution >= 4 is 28.8 Å². The Hall–Kier alpha value is -3.48. The van der Waals surface area contributed by atoms with Crippen molar-refractivity contribution in [3.05, 3.63) is 59.2 Å². The minimum Gasteiger partial charge on any atom is -0.507 e. The fourth-order valence-corrected chi connectivity index (χ4v) is 4.81. The molecule has 1 saturated heterocycles. The first-order valence-corrected chi connectivity index (χ1v) is 12.0. The van der Waals surface area contributed by atoms with Gasteiger partial charge in [-0.3, -0.25) is 9.59 Å². The maximum Gasteiger partial charge on any atom is 0.295 e. The highest BCUT2D eigenvalue weighted by Crippen LogP contribution is 2.41. The number of anilines is 2. The Labute approximate surface area is 201 Å². The van der Waals surface area contributed by atoms with Gasteiger partial charge in [0.2, 0.25) is 0 Å². The summed E-state index contributed by atoms with van der Waals surface area (Å²) in [5.74, 6) is -0.637. The van der Waals surface area contributed by atoms with E-state index in [1.165, 1.54) is 0 Å². The van der Waals surface area contributed by atoms with Gasteiger partial charge in [-0.25, -0.2) is 0 Å². The van der Waals surface area contributed by atoms with Crippen LogP contribution in [-0.4, -0.2) is 61.5 Å². The lowest BCUT2D eigenvalue weighted by Gasteiger charge is -2.28. The Morgan fingerprint density at radius 1 is 1.09 bits per heavy atom. The van der Waals surface area contributed by atoms with Gasteiger partial charge in [0.15, 0.2) is 0 Å². The quantitative estimate of drug-likeness (QED) is 0.377. The molecular formula is C27H33N3O4. The van der Waals surface area contributed by atoms with E-state index in [1.54, 1.807) is 17.0 Å². The molecule has 1 amide bonds. The van der Waals surface area contributed by atoms with E-state index in [0.717, 1.165) is 42.3 Å². The van der Waals surface area contributed by atoms with Gasteiger partial charge in [0.25, 0.3) is 11.7 Å². The number of aliphatic hydroxyl groups excluding tert-OH is 1. The molecule has 1 atom stereocenters. The highest BCUT2D eigenvalue weighted by molar-refractivity contribution is 6.46. The van der Waals surface area contributed by atoms with Crippen LogP contribution >= 0.6 is 0 Å². The number of benzene rings is 2. The lowest BCUT2D eigenvalue weighted by molar-refractivity contribution is -0.139. The summed E-state index contributed by atoms with van der Waals surface area (Å²) in [5.41, 5.74) is 3.37. The van der Waals surface area contributed by atoms with Crippen LogP contribution in [0, 0.1) is 0 Å². The Balaban J connectivity index is 1.81. The van der Waals surface area contributed by atoms with Gasteiger partial charge >= 0.3 is 0 Å². The minimum absolute atomic E-state index is 0.133. The molecule has 0 spiro atoms. The molecule has 2 aliphatic rings. The van der Waals surface area contributed by atoms with Crippen molar-refractivity contribution < 1.29 is 19.4 Å². The Morgan fingerprint density at radius 3 is 2.44 bits per heavy atom. The van der Waals surface area contributed by atoms with Gasteiger partial charge in [0.1, 0.15) is 18.1 Å². The summed E-state index contributed by atoms with van der Waals surface area (Å²) in [6.45, 7) is 9.73. The van der Waals surface area contributed by atoms with Crippen LogP contribution in [-0.2, 0) is 9.59 Å². The number of Topliss-reactive ketones (excluding diaryl/α,β-unsaturated/α-hetero) is 1. The maximum atomic E-state index is 13.2. The molecule has 180 valence electrons. The second kappa shape index (κ2) is 9.79. The number of hydrogen-bond acceptors (Lipinski definition) is 6. The van der Waals surface area contributed by atoms with Crippen LogP contribution in [0.25, 0.3) is 5.76 Å². The molecule has 0 aliphatic carbocycles. The van der Waals surface area contributed by atoms with E-state index in [4.69, 9.17) is 4.74 Å². The van der Waals surface area contributed by atoms with E-state index in [0.29, 0.717) is 25.1 Å². The average Bonchev–Trinajstić information content (AvgIpc) is 3.10. The molecule has 7 nitrogen and oxygen atoms in total. The molecule has 1 fully saturated rings. The summed E-state index contributed by atoms with van der Waals surface area (Å²) in [6, 6.07) is 12.7. The first-order valence-electron chi connectivity index (χ1n) is 12.0. The monoisotopic (exact) mass is 463 g/mol. The molecule has 34 heavy (non-hydrogen) atoms. The fourth-order valence-electron chi connectivity index (χ4n) is 4.81. The first kappa shape index (κ1) is 23.7. The number of carbonyl (C=O) groups is 2. The summed E-state index contributed by atoms with van der Waals surface area (Å²) in [4.78, 5) is 32.0. The lowest BCUT2D eigenvalue weighted by Crippen LogP contribution is -2.30. The lowest BCUT2D eigenvalue weighted by atomic mass is 9.94. The van der Waals surface area contributed by atoms with Crippen LogP contribution < -0.4 is 14.5 Å². The standard InChI is InChI=1S/C27H33N3O4/c1-5-14-30-24(18-8-11-20(12-9-18)29(6-2)7-3)23(26(32)27(30)33)25(31)19-10-13-22-21(17-19)28(4)15-16-34-22/h8-13,17,24,31H,5-7,14-16H2,1-4H3/b25-23-. The molecule has 0 aromatic heterocycles. The normalized spacial score (nSPS) is 19.2. The summed E-state index contributed by atoms with van der Waals surface area (Å²) in [6.07, 6.45) is 0.710. The van der Waals surface area contributed by atoms with Crippen molar-refractivity contribution in [1.82, 2.24) is 4.90 Å². The highest BCUT2D eigenvalue weighted by Gasteiger charge is 2.45. The van der Waals surface area contributed by atoms with Crippen LogP contribution in [0.15, 0.2) is 48.0 Å². The van der Waals surface area contributed by atoms with Gasteiger partial charge in [-0.1, -0.05) is 19.1 Å². The molecule has 0 saturated carbocycles. The number of likely N-dealkylation sites (N-methyl/N-ethyl adjacent to an activating group) is 1. The zero-order valence-corrected chi connectivity index (χ0v) is 20.4. The second-order valence-electron chi connectivity index (χ2n) is 8.71. The fraction of sp³-hybridized carbons (Fsp3) is 0.407. The molecule has 2 aliphatic heterocycles. The average molecular weight is 464 g/mol. The van der Waals surface area contributed by atoms with Gasteiger partial charge in [-0.15, -0.1) is 0 Å². The predicted molar refractivity (Wildman–Crippen MR) is 135 cm³/mol. The Morgan fingerprint density at radius 2 is 1.79 bits per heavy atom. The third-order valence-corrected chi connectivity index (χ3v) is 6.67. The zero-order chi connectivity index (χ0) is 24.4. The van der Waals surface area contributed by atoms with E-state index < -0.39 is 17.7 Å². The van der Waals surface area contributed by atoms with Crippen LogP contribution in [0.1, 0.15) is 44.4 Å². The van der Waals surface area contributed by atoms with Crippen molar-refractivity contribution in [2.45, 2.75) is 33.2 Å². The molecular weight excluding hydrogens is 430 g/mol. The first-order chi connectivity index (χ1) is 16.4. The number of rotatable bonds is 7. The zero-order valence-electron chi connectivity index (χ0n) is 20.4. The summed E-state index contributed by atoms with van der Waals surface area (Å²) in [7, 11) is 1.96. The number of hydrogen-bond donors (Lipinski definition) is 1. The largest absolute Gasteiger partial charge is 0.507 e. The highest BCUT2D eigenvalue weighted by atomic mass is 16.5. The number of ether oxygens (including phenoxy) is 1. The van der Waals surface area contributed by atoms with Crippen molar-refractivity contribution in [1.29, 1.82) is 0 Å². The van der Waals surface area contributed by atoms with Crippen LogP contribution in [0.3, 0.4) is 0 Å². The van der Waals surface area contributed by atoms with Crippen LogP contribution in [0.2, 0.25) is 0 Å². The number of likely N-dealkylation sites (tertiary alicyclic amines) is 1. The van der Waals surface area contributed by atoms with Crippen molar-refractivity contribution in [2.24, 2.45) is 0 Å². The topological polar surface area (TPSA) is 73.3 Å². The van der Waals surface area contributed by atoms with Crippen molar-refractivity contribution in [2.75, 3.05) is 49.6 Å². The molecule has 2 aromatic carbocycles. The minimum atomic E-state index is -0.647. The Bertz CT molecular complexity index is 1110. The number of carbonyl (C=O) groups excluding carboxylic acids is 2. The number of amides is 1. The van der Waals surface area contributed by atoms with E-state index in [1.807, 2.05) is 44.3 Å². The maximum absolute atomic E-state index is 13.2. The number of ketones is 1. The van der Waals surface area contributed by atoms with Crippen molar-refractivity contribution in [3.63, 3.8) is 0 Å². The van der Waals surface area contributed by atoms with Gasteiger partial charge in [0.05, 0.1) is 23.8 Å². The van der Waals surface area contributed by atoms with E-state index in [-0.39, 0.29) is 11.3 Å². The van der Waals surface area contributed by atoms with Crippen LogP contribution in [0.5, 0.6) is 5.75 Å². The predicted octanol–water partition coefficient (Wildman–Crippen LogP) is 4.19. The van der Waals surface area contributed by atoms with Gasteiger partial charge < -0.3 is 24.5 Å². The molecule has 1 N–H and O–H groups in total. The summed E-state index contributed by atoms with van der Waals surface area (Å²) in [5, 5.41) is 11.3. The number of fused-ring (bicyclic) bond motifs is 1. The molecule has 4 rings (SSSR count). The van der Waals surface area contributed by atoms with E-state index in [9.17, 15) is 14.7 Å². The number of nitrogens with zero attached hydrogens (tertiary/aromatic N) is 3.